The van der Waals surface area contributed by atoms with Gasteiger partial charge in [0.05, 0.1) is 27.6 Å². The molecule has 17 rings (SSSR count). The largest absolute Gasteiger partial charge is 0.277 e. The van der Waals surface area contributed by atoms with Crippen LogP contribution < -0.4 is 0 Å². The van der Waals surface area contributed by atoms with Crippen LogP contribution in [0.4, 0.5) is 0 Å². The molecule has 0 aliphatic heterocycles. The predicted molar refractivity (Wildman–Crippen MR) is 302 cm³/mol. The Bertz CT molecular complexity index is 4380. The van der Waals surface area contributed by atoms with Crippen molar-refractivity contribution in [3.05, 3.63) is 240 Å². The smallest absolute Gasteiger partial charge is 0.221 e. The second kappa shape index (κ2) is 14.8. The molecule has 3 fully saturated rings. The van der Waals surface area contributed by atoms with E-state index >= 15 is 0 Å². The molecule has 12 aromatic rings. The van der Waals surface area contributed by atoms with E-state index in [2.05, 4.69) is 222 Å². The van der Waals surface area contributed by atoms with Crippen LogP contribution >= 0.6 is 0 Å². The summed E-state index contributed by atoms with van der Waals surface area (Å²) >= 11 is 0. The first-order chi connectivity index (χ1) is 36.6. The summed E-state index contributed by atoms with van der Waals surface area (Å²) in [7, 11) is 0. The number of hydrogen-bond acceptors (Lipinski definition) is 2. The molecule has 4 heteroatoms. The molecular weight excluding hydrogens is 897 g/mol. The normalized spacial score (nSPS) is 24.2. The molecule has 2 bridgehead atoms. The second-order valence-corrected chi connectivity index (χ2v) is 22.9. The summed E-state index contributed by atoms with van der Waals surface area (Å²) in [4.78, 5) is 10.7. The summed E-state index contributed by atoms with van der Waals surface area (Å²) in [6, 6.07) is 79.8. The Balaban J connectivity index is 0.997. The molecule has 6 unspecified atom stereocenters. The van der Waals surface area contributed by atoms with Crippen LogP contribution in [0.2, 0.25) is 0 Å². The first kappa shape index (κ1) is 41.4. The van der Waals surface area contributed by atoms with Gasteiger partial charge in [-0.05, 0) is 177 Å². The van der Waals surface area contributed by atoms with Crippen molar-refractivity contribution in [3.8, 4) is 44.5 Å². The number of fused-ring (bicyclic) bond motifs is 20. The molecule has 0 saturated heterocycles. The van der Waals surface area contributed by atoms with E-state index < -0.39 is 0 Å². The zero-order valence-corrected chi connectivity index (χ0v) is 41.6. The lowest BCUT2D eigenvalue weighted by Gasteiger charge is -2.60. The van der Waals surface area contributed by atoms with Crippen LogP contribution in [0.5, 0.6) is 0 Å². The molecule has 2 spiro atoms. The van der Waals surface area contributed by atoms with Crippen molar-refractivity contribution in [1.29, 1.82) is 0 Å². The summed E-state index contributed by atoms with van der Waals surface area (Å²) < 4.78 is 4.65. The van der Waals surface area contributed by atoms with E-state index in [1.54, 1.807) is 22.3 Å². The van der Waals surface area contributed by atoms with Gasteiger partial charge >= 0.3 is 0 Å². The van der Waals surface area contributed by atoms with Gasteiger partial charge in [-0.3, -0.25) is 8.80 Å². The van der Waals surface area contributed by atoms with Gasteiger partial charge in [-0.1, -0.05) is 176 Å². The van der Waals surface area contributed by atoms with Gasteiger partial charge in [0.2, 0.25) is 5.78 Å². The van der Waals surface area contributed by atoms with Crippen LogP contribution in [0, 0.1) is 12.8 Å². The molecule has 6 atom stereocenters. The van der Waals surface area contributed by atoms with Crippen LogP contribution in [0.15, 0.2) is 206 Å². The first-order valence-corrected chi connectivity index (χ1v) is 27.2. The Morgan fingerprint density at radius 1 is 0.459 bits per heavy atom. The van der Waals surface area contributed by atoms with Crippen molar-refractivity contribution in [1.82, 2.24) is 18.8 Å². The highest BCUT2D eigenvalue weighted by molar-refractivity contribution is 6.04. The molecule has 4 nitrogen and oxygen atoms in total. The highest BCUT2D eigenvalue weighted by Crippen LogP contribution is 2.79. The molecule has 9 aromatic carbocycles. The summed E-state index contributed by atoms with van der Waals surface area (Å²) in [5.41, 5.74) is 26.1. The van der Waals surface area contributed by atoms with E-state index in [9.17, 15) is 0 Å². The minimum atomic E-state index is -0.144. The molecule has 3 heterocycles. The molecule has 3 saturated carbocycles. The van der Waals surface area contributed by atoms with E-state index in [1.165, 1.54) is 81.3 Å². The number of benzene rings is 9. The number of imidazole rings is 2. The average Bonchev–Trinajstić information content (AvgIpc) is 4.24. The van der Waals surface area contributed by atoms with Gasteiger partial charge in [0, 0.05) is 21.6 Å². The number of rotatable bonds is 3. The number of aryl methyl sites for hydroxylation is 1. The maximum Gasteiger partial charge on any atom is 0.221 e. The summed E-state index contributed by atoms with van der Waals surface area (Å²) in [6.45, 7) is 2.32. The van der Waals surface area contributed by atoms with E-state index in [-0.39, 0.29) is 16.2 Å². The summed E-state index contributed by atoms with van der Waals surface area (Å²) in [5.74, 6) is 1.99. The van der Waals surface area contributed by atoms with Crippen molar-refractivity contribution in [2.75, 3.05) is 0 Å². The molecule has 74 heavy (non-hydrogen) atoms. The summed E-state index contributed by atoms with van der Waals surface area (Å²) in [5, 5.41) is 1.13. The van der Waals surface area contributed by atoms with E-state index in [1.807, 2.05) is 0 Å². The minimum Gasteiger partial charge on any atom is -0.277 e. The van der Waals surface area contributed by atoms with Crippen LogP contribution in [-0.2, 0) is 16.2 Å². The zero-order valence-electron chi connectivity index (χ0n) is 41.6. The molecule has 354 valence electrons. The predicted octanol–water partition coefficient (Wildman–Crippen LogP) is 17.1. The van der Waals surface area contributed by atoms with Crippen molar-refractivity contribution >= 4 is 44.4 Å². The lowest BCUT2D eigenvalue weighted by atomic mass is 9.43. The first-order valence-electron chi connectivity index (χ1n) is 27.2. The number of aromatic nitrogens is 4. The fourth-order valence-corrected chi connectivity index (χ4v) is 17.6. The highest BCUT2D eigenvalue weighted by atomic mass is 15.2. The quantitative estimate of drug-likeness (QED) is 0.177. The molecule has 3 aromatic heterocycles. The third-order valence-corrected chi connectivity index (χ3v) is 19.9. The maximum atomic E-state index is 5.43. The number of para-hydroxylation sites is 4. The monoisotopic (exact) mass is 950 g/mol. The van der Waals surface area contributed by atoms with Gasteiger partial charge in [-0.15, -0.1) is 0 Å². The van der Waals surface area contributed by atoms with Gasteiger partial charge in [-0.25, -0.2) is 9.97 Å². The van der Waals surface area contributed by atoms with E-state index in [0.717, 1.165) is 63.7 Å². The molecule has 0 N–H and O–H groups in total. The fourth-order valence-electron chi connectivity index (χ4n) is 17.6. The van der Waals surface area contributed by atoms with Crippen LogP contribution in [0.3, 0.4) is 0 Å². The third-order valence-electron chi connectivity index (χ3n) is 19.9. The standard InChI is InChI=1S/C70H54N4/c1-43-18-2-3-19-46(43)50-22-8-10-27-55(50)68-37-17-38-70-56-28-11-9-23-51(56)49-21-5-6-24-52(49)58(70)42-69(66(68)70)39-36-45(41-68)47-20-4-7-25-53(47)64-48(26-16-29-57(64)69)44-34-35-61-54(40-44)65-71-59-30-12-15-33-63(59)74(65)67-72-60-31-13-14-32-62(60)73(61)67/h2-16,18-35,40,45,58,66H,17,36-39,41-42H2,1H3. The Hall–Kier alpha value is -8.08. The van der Waals surface area contributed by atoms with Gasteiger partial charge in [-0.2, -0.15) is 0 Å². The number of hydrogen-bond donors (Lipinski definition) is 0. The van der Waals surface area contributed by atoms with Gasteiger partial charge in [0.25, 0.3) is 0 Å². The maximum absolute atomic E-state index is 5.43. The fraction of sp³-hybridized carbons (Fsp3) is 0.200. The molecule has 0 amide bonds. The van der Waals surface area contributed by atoms with Crippen molar-refractivity contribution in [2.24, 2.45) is 5.92 Å². The minimum absolute atomic E-state index is 0.0725. The Morgan fingerprint density at radius 2 is 1.08 bits per heavy atom. The van der Waals surface area contributed by atoms with E-state index in [0.29, 0.717) is 17.8 Å². The van der Waals surface area contributed by atoms with Gasteiger partial charge in [0.1, 0.15) is 5.65 Å². The lowest BCUT2D eigenvalue weighted by molar-refractivity contribution is 0.0512. The topological polar surface area (TPSA) is 34.6 Å². The van der Waals surface area contributed by atoms with Crippen LogP contribution in [0.25, 0.3) is 88.9 Å². The van der Waals surface area contributed by atoms with Gasteiger partial charge in [0.15, 0.2) is 0 Å². The Morgan fingerprint density at radius 3 is 1.91 bits per heavy atom. The zero-order chi connectivity index (χ0) is 48.5. The van der Waals surface area contributed by atoms with Crippen LogP contribution in [0.1, 0.15) is 90.2 Å². The van der Waals surface area contributed by atoms with Crippen molar-refractivity contribution in [3.63, 3.8) is 0 Å². The lowest BCUT2D eigenvalue weighted by Crippen LogP contribution is -2.57. The Kier molecular flexibility index (Phi) is 8.27. The van der Waals surface area contributed by atoms with Crippen molar-refractivity contribution in [2.45, 2.75) is 80.0 Å². The van der Waals surface area contributed by atoms with Crippen molar-refractivity contribution < 1.29 is 0 Å². The second-order valence-electron chi connectivity index (χ2n) is 22.9. The average molecular weight is 951 g/mol. The Labute approximate surface area is 431 Å². The summed E-state index contributed by atoms with van der Waals surface area (Å²) in [6.07, 6.45) is 8.20. The van der Waals surface area contributed by atoms with Gasteiger partial charge < -0.3 is 0 Å². The molecule has 0 radical (unpaired) electrons. The third kappa shape index (κ3) is 5.14. The SMILES string of the molecule is Cc1ccccc1-c1ccccc1C12CCCC34c5ccccc5-c5ccccc5C3CC3(CCC(C1)c1ccccc1-c1c(-c5ccc6c(c5)c5nc7ccccc7n5c5nc7ccccc7n65)cccc13)C24. The van der Waals surface area contributed by atoms with Crippen LogP contribution in [-0.4, -0.2) is 18.8 Å². The number of nitrogens with zero attached hydrogens (tertiary/aromatic N) is 4. The van der Waals surface area contributed by atoms with E-state index in [4.69, 9.17) is 9.97 Å². The molecule has 5 aliphatic carbocycles. The molecule has 5 aliphatic rings. The highest BCUT2D eigenvalue weighted by Gasteiger charge is 2.73. The molecular formula is C70H54N4.